The Bertz CT molecular complexity index is 268. The van der Waals surface area contributed by atoms with Crippen LogP contribution in [0.15, 0.2) is 24.3 Å². The highest BCUT2D eigenvalue weighted by atomic mass is 14.9. The highest BCUT2D eigenvalue weighted by molar-refractivity contribution is 5.24. The molecule has 0 aromatic heterocycles. The van der Waals surface area contributed by atoms with E-state index in [9.17, 15) is 0 Å². The second-order valence-electron chi connectivity index (χ2n) is 4.27. The number of benzene rings is 1. The lowest BCUT2D eigenvalue weighted by Crippen LogP contribution is -2.20. The number of nitrogens with one attached hydrogen (secondary N) is 1. The molecule has 1 heterocycles. The fraction of sp³-hybridized carbons (Fsp3) is 0.538. The van der Waals surface area contributed by atoms with Gasteiger partial charge >= 0.3 is 0 Å². The summed E-state index contributed by atoms with van der Waals surface area (Å²) in [6.45, 7) is 3.32. The molecule has 1 aromatic carbocycles. The Labute approximate surface area is 86.5 Å². The quantitative estimate of drug-likeness (QED) is 0.715. The third kappa shape index (κ3) is 2.36. The van der Waals surface area contributed by atoms with Gasteiger partial charge in [0.25, 0.3) is 0 Å². The van der Waals surface area contributed by atoms with Crippen LogP contribution in [-0.2, 0) is 0 Å². The molecular weight excluding hydrogens is 170 g/mol. The maximum absolute atomic E-state index is 3.62. The monoisotopic (exact) mass is 189 g/mol. The lowest BCUT2D eigenvalue weighted by atomic mass is 10.0. The van der Waals surface area contributed by atoms with Crippen LogP contribution >= 0.6 is 0 Å². The van der Waals surface area contributed by atoms with Gasteiger partial charge in [0, 0.05) is 6.04 Å². The van der Waals surface area contributed by atoms with Crippen molar-refractivity contribution in [3.8, 4) is 0 Å². The summed E-state index contributed by atoms with van der Waals surface area (Å²) < 4.78 is 0. The minimum Gasteiger partial charge on any atom is -0.310 e. The maximum atomic E-state index is 3.62. The van der Waals surface area contributed by atoms with E-state index >= 15 is 0 Å². The molecule has 1 heteroatoms. The first-order chi connectivity index (χ1) is 6.86. The van der Waals surface area contributed by atoms with E-state index in [0.29, 0.717) is 6.04 Å². The molecule has 1 aliphatic rings. The summed E-state index contributed by atoms with van der Waals surface area (Å²) >= 11 is 0. The zero-order valence-electron chi connectivity index (χ0n) is 8.92. The molecule has 1 unspecified atom stereocenters. The molecule has 76 valence electrons. The highest BCUT2D eigenvalue weighted by Crippen LogP contribution is 2.22. The van der Waals surface area contributed by atoms with Crippen molar-refractivity contribution in [1.29, 1.82) is 0 Å². The molecule has 0 radical (unpaired) electrons. The second-order valence-corrected chi connectivity index (χ2v) is 4.27. The van der Waals surface area contributed by atoms with Gasteiger partial charge < -0.3 is 5.32 Å². The van der Waals surface area contributed by atoms with Gasteiger partial charge in [-0.1, -0.05) is 42.7 Å². The minimum atomic E-state index is 0.595. The Kier molecular flexibility index (Phi) is 3.20. The van der Waals surface area contributed by atoms with Crippen molar-refractivity contribution in [2.75, 3.05) is 6.54 Å². The van der Waals surface area contributed by atoms with Gasteiger partial charge in [-0.15, -0.1) is 0 Å². The predicted octanol–water partition coefficient (Wildman–Crippen LogP) is 3.20. The summed E-state index contributed by atoms with van der Waals surface area (Å²) in [6, 6.07) is 9.54. The number of hydrogen-bond donors (Lipinski definition) is 1. The van der Waals surface area contributed by atoms with Crippen LogP contribution in [0, 0.1) is 6.92 Å². The van der Waals surface area contributed by atoms with E-state index in [-0.39, 0.29) is 0 Å². The van der Waals surface area contributed by atoms with Gasteiger partial charge in [0.05, 0.1) is 0 Å². The van der Waals surface area contributed by atoms with Gasteiger partial charge in [-0.05, 0) is 31.9 Å². The molecule has 2 rings (SSSR count). The van der Waals surface area contributed by atoms with Gasteiger partial charge in [-0.25, -0.2) is 0 Å². The molecule has 1 N–H and O–H groups in total. The van der Waals surface area contributed by atoms with Crippen LogP contribution in [0.2, 0.25) is 0 Å². The maximum Gasteiger partial charge on any atom is 0.0320 e. The van der Waals surface area contributed by atoms with Crippen LogP contribution in [0.25, 0.3) is 0 Å². The number of aryl methyl sites for hydroxylation is 1. The first-order valence-corrected chi connectivity index (χ1v) is 5.66. The van der Waals surface area contributed by atoms with E-state index in [1.165, 1.54) is 43.4 Å². The first-order valence-electron chi connectivity index (χ1n) is 5.66. The summed E-state index contributed by atoms with van der Waals surface area (Å²) in [4.78, 5) is 0. The molecule has 1 saturated heterocycles. The Balaban J connectivity index is 2.08. The van der Waals surface area contributed by atoms with Crippen molar-refractivity contribution < 1.29 is 0 Å². The SMILES string of the molecule is Cc1ccc(C2CCCCCN2)cc1. The fourth-order valence-electron chi connectivity index (χ4n) is 2.11. The summed E-state index contributed by atoms with van der Waals surface area (Å²) in [5.41, 5.74) is 2.81. The Hall–Kier alpha value is -0.820. The molecule has 0 bridgehead atoms. The number of hydrogen-bond acceptors (Lipinski definition) is 1. The molecule has 1 nitrogen and oxygen atoms in total. The first kappa shape index (κ1) is 9.72. The van der Waals surface area contributed by atoms with Gasteiger partial charge in [0.1, 0.15) is 0 Å². The lowest BCUT2D eigenvalue weighted by Gasteiger charge is -2.16. The predicted molar refractivity (Wildman–Crippen MR) is 60.4 cm³/mol. The Morgan fingerprint density at radius 2 is 1.86 bits per heavy atom. The van der Waals surface area contributed by atoms with Crippen molar-refractivity contribution in [2.45, 2.75) is 38.6 Å². The fourth-order valence-corrected chi connectivity index (χ4v) is 2.11. The molecular formula is C13H19N. The van der Waals surface area contributed by atoms with Crippen molar-refractivity contribution in [2.24, 2.45) is 0 Å². The smallest absolute Gasteiger partial charge is 0.0320 e. The Morgan fingerprint density at radius 1 is 1.07 bits per heavy atom. The van der Waals surface area contributed by atoms with Crippen molar-refractivity contribution in [3.63, 3.8) is 0 Å². The molecule has 0 amide bonds. The molecule has 1 aromatic rings. The van der Waals surface area contributed by atoms with Crippen molar-refractivity contribution in [3.05, 3.63) is 35.4 Å². The second kappa shape index (κ2) is 4.61. The largest absolute Gasteiger partial charge is 0.310 e. The van der Waals surface area contributed by atoms with E-state index in [1.54, 1.807) is 0 Å². The standard InChI is InChI=1S/C13H19N/c1-11-6-8-12(9-7-11)13-5-3-2-4-10-14-13/h6-9,13-14H,2-5,10H2,1H3. The molecule has 14 heavy (non-hydrogen) atoms. The molecule has 1 atom stereocenters. The topological polar surface area (TPSA) is 12.0 Å². The van der Waals surface area contributed by atoms with E-state index in [1.807, 2.05) is 0 Å². The van der Waals surface area contributed by atoms with Gasteiger partial charge in [0.15, 0.2) is 0 Å². The summed E-state index contributed by atoms with van der Waals surface area (Å²) in [6.07, 6.45) is 5.38. The molecule has 1 aliphatic heterocycles. The van der Waals surface area contributed by atoms with Gasteiger partial charge in [-0.3, -0.25) is 0 Å². The average molecular weight is 189 g/mol. The number of rotatable bonds is 1. The van der Waals surface area contributed by atoms with Crippen LogP contribution in [0.5, 0.6) is 0 Å². The van der Waals surface area contributed by atoms with Crippen LogP contribution in [-0.4, -0.2) is 6.54 Å². The van der Waals surface area contributed by atoms with E-state index in [4.69, 9.17) is 0 Å². The van der Waals surface area contributed by atoms with Crippen LogP contribution < -0.4 is 5.32 Å². The lowest BCUT2D eigenvalue weighted by molar-refractivity contribution is 0.535. The third-order valence-corrected chi connectivity index (χ3v) is 3.04. The van der Waals surface area contributed by atoms with Crippen LogP contribution in [0.4, 0.5) is 0 Å². The minimum absolute atomic E-state index is 0.595. The molecule has 0 spiro atoms. The van der Waals surface area contributed by atoms with Gasteiger partial charge in [-0.2, -0.15) is 0 Å². The van der Waals surface area contributed by atoms with E-state index in [0.717, 1.165) is 0 Å². The third-order valence-electron chi connectivity index (χ3n) is 3.04. The van der Waals surface area contributed by atoms with E-state index in [2.05, 4.69) is 36.5 Å². The van der Waals surface area contributed by atoms with E-state index < -0.39 is 0 Å². The Morgan fingerprint density at radius 3 is 2.64 bits per heavy atom. The van der Waals surface area contributed by atoms with Crippen molar-refractivity contribution >= 4 is 0 Å². The zero-order valence-corrected chi connectivity index (χ0v) is 8.92. The average Bonchev–Trinajstić information content (AvgIpc) is 2.47. The molecule has 1 fully saturated rings. The molecule has 0 aliphatic carbocycles. The summed E-state index contributed by atoms with van der Waals surface area (Å²) in [5.74, 6) is 0. The summed E-state index contributed by atoms with van der Waals surface area (Å²) in [7, 11) is 0. The molecule has 0 saturated carbocycles. The highest BCUT2D eigenvalue weighted by Gasteiger charge is 2.12. The van der Waals surface area contributed by atoms with Gasteiger partial charge in [0.2, 0.25) is 0 Å². The zero-order chi connectivity index (χ0) is 9.80. The van der Waals surface area contributed by atoms with Crippen LogP contribution in [0.1, 0.15) is 42.9 Å². The van der Waals surface area contributed by atoms with Crippen molar-refractivity contribution in [1.82, 2.24) is 5.32 Å². The summed E-state index contributed by atoms with van der Waals surface area (Å²) in [5, 5.41) is 3.62. The normalized spacial score (nSPS) is 23.1. The van der Waals surface area contributed by atoms with Crippen LogP contribution in [0.3, 0.4) is 0 Å².